The third-order valence-corrected chi connectivity index (χ3v) is 4.92. The molecule has 0 spiro atoms. The van der Waals surface area contributed by atoms with Crippen LogP contribution in [-0.4, -0.2) is 25.9 Å². The molecule has 3 heterocycles. The van der Waals surface area contributed by atoms with E-state index in [0.717, 1.165) is 16.0 Å². The van der Waals surface area contributed by atoms with Crippen molar-refractivity contribution in [1.82, 2.24) is 20.0 Å². The number of amides is 1. The maximum atomic E-state index is 12.6. The number of benzene rings is 1. The highest BCUT2D eigenvalue weighted by molar-refractivity contribution is 7.13. The third-order valence-electron chi connectivity index (χ3n) is 4.00. The molecule has 0 aliphatic rings. The van der Waals surface area contributed by atoms with Gasteiger partial charge in [-0.25, -0.2) is 0 Å². The molecule has 0 aliphatic heterocycles. The average molecular weight is 376 g/mol. The van der Waals surface area contributed by atoms with Crippen LogP contribution in [0.2, 0.25) is 0 Å². The standard InChI is InChI=1S/C19H16N6OS/c1-25-11-17(23-24-25)13-5-7-15(21-10-13)19(26)22-16-9-12(4-6-14(16)20)18-3-2-8-27-18/h2-11H,20H2,1H3,(H,22,26). The molecule has 8 heteroatoms. The van der Waals surface area contributed by atoms with Crippen LogP contribution in [0, 0.1) is 0 Å². The molecule has 4 rings (SSSR count). The molecule has 1 amide bonds. The number of nitrogens with zero attached hydrogens (tertiary/aromatic N) is 4. The average Bonchev–Trinajstić information content (AvgIpc) is 3.35. The summed E-state index contributed by atoms with van der Waals surface area (Å²) in [6.45, 7) is 0. The van der Waals surface area contributed by atoms with Gasteiger partial charge in [0.15, 0.2) is 0 Å². The maximum absolute atomic E-state index is 12.6. The number of thiophene rings is 1. The Morgan fingerprint density at radius 1 is 1.19 bits per heavy atom. The van der Waals surface area contributed by atoms with Gasteiger partial charge in [0.25, 0.3) is 5.91 Å². The molecule has 0 radical (unpaired) electrons. The molecule has 0 saturated heterocycles. The SMILES string of the molecule is Cn1cc(-c2ccc(C(=O)Nc3cc(-c4cccs4)ccc3N)nc2)nn1. The molecule has 4 aromatic rings. The van der Waals surface area contributed by atoms with Crippen LogP contribution in [0.4, 0.5) is 11.4 Å². The van der Waals surface area contributed by atoms with E-state index in [1.165, 1.54) is 0 Å². The monoisotopic (exact) mass is 376 g/mol. The number of anilines is 2. The number of aryl methyl sites for hydroxylation is 1. The maximum Gasteiger partial charge on any atom is 0.274 e. The third kappa shape index (κ3) is 3.56. The first-order valence-corrected chi connectivity index (χ1v) is 9.05. The zero-order chi connectivity index (χ0) is 18.8. The minimum absolute atomic E-state index is 0.295. The molecule has 0 fully saturated rings. The molecule has 1 aromatic carbocycles. The van der Waals surface area contributed by atoms with E-state index in [4.69, 9.17) is 5.73 Å². The number of pyridine rings is 1. The molecular formula is C19H16N6OS. The number of aromatic nitrogens is 4. The van der Waals surface area contributed by atoms with Gasteiger partial charge in [-0.2, -0.15) is 0 Å². The smallest absolute Gasteiger partial charge is 0.274 e. The van der Waals surface area contributed by atoms with Gasteiger partial charge in [0.2, 0.25) is 0 Å². The second kappa shape index (κ2) is 7.00. The first-order valence-electron chi connectivity index (χ1n) is 8.17. The van der Waals surface area contributed by atoms with E-state index in [2.05, 4.69) is 20.6 Å². The van der Waals surface area contributed by atoms with Crippen LogP contribution in [0.3, 0.4) is 0 Å². The fourth-order valence-corrected chi connectivity index (χ4v) is 3.33. The first kappa shape index (κ1) is 16.9. The largest absolute Gasteiger partial charge is 0.397 e. The van der Waals surface area contributed by atoms with E-state index in [9.17, 15) is 4.79 Å². The number of nitrogens with one attached hydrogen (secondary N) is 1. The minimum atomic E-state index is -0.323. The van der Waals surface area contributed by atoms with E-state index in [1.807, 2.05) is 29.6 Å². The van der Waals surface area contributed by atoms with Gasteiger partial charge in [-0.05, 0) is 41.3 Å². The van der Waals surface area contributed by atoms with Crippen LogP contribution in [0.25, 0.3) is 21.7 Å². The highest BCUT2D eigenvalue weighted by Gasteiger charge is 2.12. The second-order valence-corrected chi connectivity index (χ2v) is 6.89. The summed E-state index contributed by atoms with van der Waals surface area (Å²) in [5, 5.41) is 12.8. The lowest BCUT2D eigenvalue weighted by atomic mass is 10.1. The number of hydrogen-bond donors (Lipinski definition) is 2. The minimum Gasteiger partial charge on any atom is -0.397 e. The molecule has 3 N–H and O–H groups in total. The lowest BCUT2D eigenvalue weighted by molar-refractivity contribution is 0.102. The molecule has 3 aromatic heterocycles. The number of rotatable bonds is 4. The summed E-state index contributed by atoms with van der Waals surface area (Å²) in [6.07, 6.45) is 3.39. The van der Waals surface area contributed by atoms with Crippen LogP contribution in [0.5, 0.6) is 0 Å². The molecule has 0 bridgehead atoms. The molecule has 27 heavy (non-hydrogen) atoms. The number of carbonyl (C=O) groups excluding carboxylic acids is 1. The Kier molecular flexibility index (Phi) is 4.39. The van der Waals surface area contributed by atoms with Crippen LogP contribution in [0.15, 0.2) is 60.2 Å². The summed E-state index contributed by atoms with van der Waals surface area (Å²) in [5.74, 6) is -0.323. The molecule has 7 nitrogen and oxygen atoms in total. The van der Waals surface area contributed by atoms with E-state index < -0.39 is 0 Å². The normalized spacial score (nSPS) is 10.7. The van der Waals surface area contributed by atoms with Crippen molar-refractivity contribution in [3.63, 3.8) is 0 Å². The van der Waals surface area contributed by atoms with Crippen molar-refractivity contribution in [2.24, 2.45) is 7.05 Å². The fourth-order valence-electron chi connectivity index (χ4n) is 2.61. The number of hydrogen-bond acceptors (Lipinski definition) is 6. The van der Waals surface area contributed by atoms with Crippen molar-refractivity contribution in [2.45, 2.75) is 0 Å². The Morgan fingerprint density at radius 2 is 2.04 bits per heavy atom. The lowest BCUT2D eigenvalue weighted by Crippen LogP contribution is -2.14. The summed E-state index contributed by atoms with van der Waals surface area (Å²) in [6, 6.07) is 13.0. The van der Waals surface area contributed by atoms with E-state index in [0.29, 0.717) is 22.8 Å². The van der Waals surface area contributed by atoms with Crippen molar-refractivity contribution in [3.8, 4) is 21.7 Å². The summed E-state index contributed by atoms with van der Waals surface area (Å²) < 4.78 is 1.61. The first-order chi connectivity index (χ1) is 13.1. The van der Waals surface area contributed by atoms with Gasteiger partial charge in [0.1, 0.15) is 11.4 Å². The van der Waals surface area contributed by atoms with Crippen molar-refractivity contribution in [2.75, 3.05) is 11.1 Å². The zero-order valence-electron chi connectivity index (χ0n) is 14.5. The second-order valence-electron chi connectivity index (χ2n) is 5.94. The van der Waals surface area contributed by atoms with E-state index in [-0.39, 0.29) is 5.91 Å². The topological polar surface area (TPSA) is 98.7 Å². The summed E-state index contributed by atoms with van der Waals surface area (Å²) >= 11 is 1.63. The molecular weight excluding hydrogens is 360 g/mol. The zero-order valence-corrected chi connectivity index (χ0v) is 15.3. The summed E-state index contributed by atoms with van der Waals surface area (Å²) in [4.78, 5) is 17.9. The van der Waals surface area contributed by atoms with Gasteiger partial charge in [0.05, 0.1) is 17.6 Å². The van der Waals surface area contributed by atoms with Gasteiger partial charge in [-0.15, -0.1) is 16.4 Å². The van der Waals surface area contributed by atoms with Gasteiger partial charge < -0.3 is 11.1 Å². The Hall–Kier alpha value is -3.52. The summed E-state index contributed by atoms with van der Waals surface area (Å²) in [7, 11) is 1.79. The van der Waals surface area contributed by atoms with Gasteiger partial charge >= 0.3 is 0 Å². The van der Waals surface area contributed by atoms with E-state index in [1.54, 1.807) is 53.7 Å². The van der Waals surface area contributed by atoms with Gasteiger partial charge in [-0.3, -0.25) is 14.5 Å². The van der Waals surface area contributed by atoms with E-state index >= 15 is 0 Å². The molecule has 0 saturated carbocycles. The van der Waals surface area contributed by atoms with Gasteiger partial charge in [-0.1, -0.05) is 17.3 Å². The summed E-state index contributed by atoms with van der Waals surface area (Å²) in [5.41, 5.74) is 9.87. The Morgan fingerprint density at radius 3 is 2.70 bits per heavy atom. The van der Waals surface area contributed by atoms with Gasteiger partial charge in [0, 0.05) is 23.7 Å². The van der Waals surface area contributed by atoms with Crippen LogP contribution < -0.4 is 11.1 Å². The Labute approximate surface area is 159 Å². The highest BCUT2D eigenvalue weighted by atomic mass is 32.1. The van der Waals surface area contributed by atoms with Crippen LogP contribution >= 0.6 is 11.3 Å². The lowest BCUT2D eigenvalue weighted by Gasteiger charge is -2.10. The molecule has 0 unspecified atom stereocenters. The quantitative estimate of drug-likeness (QED) is 0.532. The fraction of sp³-hybridized carbons (Fsp3) is 0.0526. The van der Waals surface area contributed by atoms with Crippen molar-refractivity contribution >= 4 is 28.6 Å². The van der Waals surface area contributed by atoms with Crippen LogP contribution in [-0.2, 0) is 7.05 Å². The number of carbonyl (C=O) groups is 1. The van der Waals surface area contributed by atoms with Crippen molar-refractivity contribution < 1.29 is 4.79 Å². The van der Waals surface area contributed by atoms with Crippen molar-refractivity contribution in [1.29, 1.82) is 0 Å². The van der Waals surface area contributed by atoms with Crippen molar-refractivity contribution in [3.05, 3.63) is 65.9 Å². The molecule has 0 atom stereocenters. The number of nitrogen functional groups attached to an aromatic ring is 1. The molecule has 134 valence electrons. The highest BCUT2D eigenvalue weighted by Crippen LogP contribution is 2.30. The Balaban J connectivity index is 1.54. The predicted octanol–water partition coefficient (Wildman–Crippen LogP) is 3.44. The Bertz CT molecular complexity index is 1090. The molecule has 0 aliphatic carbocycles. The van der Waals surface area contributed by atoms with Crippen LogP contribution in [0.1, 0.15) is 10.5 Å². The number of nitrogens with two attached hydrogens (primary N) is 1. The predicted molar refractivity (Wildman–Crippen MR) is 106 cm³/mol.